The van der Waals surface area contributed by atoms with Gasteiger partial charge in [0.25, 0.3) is 10.1 Å². The second-order valence-electron chi connectivity index (χ2n) is 8.53. The molecule has 1 heterocycles. The number of benzene rings is 3. The van der Waals surface area contributed by atoms with Gasteiger partial charge in [0, 0.05) is 38.2 Å². The zero-order valence-corrected chi connectivity index (χ0v) is 21.7. The fourth-order valence-electron chi connectivity index (χ4n) is 3.58. The molecule has 10 heteroatoms. The molecule has 39 heavy (non-hydrogen) atoms. The lowest BCUT2D eigenvalue weighted by molar-refractivity contribution is -0.117. The number of nitrogens with one attached hydrogen (secondary N) is 1. The first-order valence-electron chi connectivity index (χ1n) is 14.5. The molecule has 3 aromatic carbocycles. The van der Waals surface area contributed by atoms with Gasteiger partial charge < -0.3 is 15.8 Å². The Bertz CT molecular complexity index is 1770. The number of esters is 1. The number of carbonyl (C=O) groups excluding carboxylic acids is 2. The van der Waals surface area contributed by atoms with Crippen molar-refractivity contribution in [2.45, 2.75) is 26.2 Å². The highest BCUT2D eigenvalue weighted by atomic mass is 32.2. The molecule has 4 rings (SSSR count). The molecule has 9 nitrogen and oxygen atoms in total. The van der Waals surface area contributed by atoms with Crippen molar-refractivity contribution in [3.8, 4) is 0 Å². The van der Waals surface area contributed by atoms with Crippen molar-refractivity contribution < 1.29 is 35.5 Å². The summed E-state index contributed by atoms with van der Waals surface area (Å²) in [5, 5.41) is 4.79. The van der Waals surface area contributed by atoms with Crippen LogP contribution >= 0.6 is 0 Å². The van der Waals surface area contributed by atoms with Gasteiger partial charge in [0.05, 0.1) is 17.7 Å². The molecule has 0 aliphatic carbocycles. The first kappa shape index (κ1) is 21.8. The maximum atomic E-state index is 13.0. The minimum absolute atomic E-state index is 0.0712. The third-order valence-electron chi connectivity index (χ3n) is 5.45. The average Bonchev–Trinajstić information content (AvgIpc) is 2.95. The maximum Gasteiger partial charge on any atom is 0.338 e. The molecule has 0 saturated carbocycles. The molecule has 1 atom stereocenters. The van der Waals surface area contributed by atoms with Gasteiger partial charge in [-0.25, -0.2) is 4.79 Å². The van der Waals surface area contributed by atoms with Gasteiger partial charge in [-0.05, 0) is 60.0 Å². The van der Waals surface area contributed by atoms with Crippen molar-refractivity contribution in [3.63, 3.8) is 0 Å². The van der Waals surface area contributed by atoms with Gasteiger partial charge in [-0.3, -0.25) is 14.3 Å². The zero-order valence-electron chi connectivity index (χ0n) is 26.9. The molecule has 1 amide bonds. The Kier molecular flexibility index (Phi) is 7.31. The lowest BCUT2D eigenvalue weighted by Gasteiger charge is -2.16. The number of amides is 1. The number of anilines is 1. The molecule has 0 unspecified atom stereocenters. The van der Waals surface area contributed by atoms with Gasteiger partial charge in [-0.15, -0.1) is 0 Å². The van der Waals surface area contributed by atoms with Gasteiger partial charge in [0.1, 0.15) is 6.61 Å². The first-order chi connectivity index (χ1) is 20.9. The van der Waals surface area contributed by atoms with Gasteiger partial charge in [-0.1, -0.05) is 48.0 Å². The number of aryl methyl sites for hydroxylation is 2. The first-order valence-corrected chi connectivity index (χ1v) is 13.4. The number of pyridine rings is 1. The summed E-state index contributed by atoms with van der Waals surface area (Å²) >= 11 is 0. The lowest BCUT2D eigenvalue weighted by atomic mass is 9.97. The van der Waals surface area contributed by atoms with Crippen LogP contribution in [-0.2, 0) is 26.3 Å². The van der Waals surface area contributed by atoms with E-state index in [-0.39, 0.29) is 35.7 Å². The average molecular weight is 556 g/mol. The van der Waals surface area contributed by atoms with Crippen molar-refractivity contribution in [2.24, 2.45) is 5.73 Å². The third kappa shape index (κ3) is 8.99. The van der Waals surface area contributed by atoms with Crippen LogP contribution in [0.1, 0.15) is 46.8 Å². The Morgan fingerprint density at radius 2 is 1.79 bits per heavy atom. The number of carbonyl (C=O) groups is 2. The normalized spacial score (nSPS) is 14.6. The lowest BCUT2D eigenvalue weighted by Crippen LogP contribution is -2.27. The van der Waals surface area contributed by atoms with E-state index in [0.29, 0.717) is 23.1 Å². The van der Waals surface area contributed by atoms with Gasteiger partial charge in [0.2, 0.25) is 5.91 Å². The Morgan fingerprint density at radius 3 is 2.46 bits per heavy atom. The van der Waals surface area contributed by atoms with E-state index in [1.165, 1.54) is 6.07 Å². The van der Waals surface area contributed by atoms with Crippen LogP contribution < -0.4 is 11.1 Å². The van der Waals surface area contributed by atoms with Crippen LogP contribution in [0, 0.1) is 13.7 Å². The van der Waals surface area contributed by atoms with E-state index in [0.717, 1.165) is 22.9 Å². The van der Waals surface area contributed by atoms with Gasteiger partial charge in [-0.2, -0.15) is 8.42 Å². The zero-order chi connectivity index (χ0) is 33.6. The van der Waals surface area contributed by atoms with Crippen LogP contribution in [-0.4, -0.2) is 42.6 Å². The van der Waals surface area contributed by atoms with E-state index in [1.54, 1.807) is 42.7 Å². The van der Waals surface area contributed by atoms with Gasteiger partial charge >= 0.3 is 5.97 Å². The maximum absolute atomic E-state index is 13.0. The molecule has 0 saturated heterocycles. The monoisotopic (exact) mass is 555 g/mol. The van der Waals surface area contributed by atoms with E-state index >= 15 is 0 Å². The minimum atomic E-state index is -3.67. The molecule has 204 valence electrons. The summed E-state index contributed by atoms with van der Waals surface area (Å²) in [6, 6.07) is 17.5. The molecule has 0 spiro atoms. The Hall–Kier alpha value is -4.12. The summed E-state index contributed by atoms with van der Waals surface area (Å²) < 4.78 is 76.9. The number of nitrogens with two attached hydrogens (primary N) is 1. The smallest absolute Gasteiger partial charge is 0.338 e. The number of ether oxygens (including phenoxy) is 1. The van der Waals surface area contributed by atoms with E-state index < -0.39 is 35.7 Å². The summed E-state index contributed by atoms with van der Waals surface area (Å²) in [4.78, 5) is 29.8. The number of aromatic nitrogens is 1. The molecule has 0 aliphatic heterocycles. The molecular formula is C29H31N3O6S. The fourth-order valence-corrected chi connectivity index (χ4v) is 3.58. The van der Waals surface area contributed by atoms with E-state index in [1.807, 2.05) is 18.2 Å². The summed E-state index contributed by atoms with van der Waals surface area (Å²) in [5.41, 5.74) is 7.03. The topological polar surface area (TPSA) is 149 Å². The third-order valence-corrected chi connectivity index (χ3v) is 5.45. The largest absolute Gasteiger partial charge is 0.457 e. The minimum Gasteiger partial charge on any atom is -0.457 e. The Morgan fingerprint density at radius 1 is 1.05 bits per heavy atom. The fraction of sp³-hybridized carbons (Fsp3) is 0.207. The van der Waals surface area contributed by atoms with Crippen LogP contribution in [0.5, 0.6) is 0 Å². The van der Waals surface area contributed by atoms with Crippen LogP contribution in [0.2, 0.25) is 0 Å². The quantitative estimate of drug-likeness (QED) is 0.225. The van der Waals surface area contributed by atoms with Gasteiger partial charge in [0.15, 0.2) is 0 Å². The SMILES string of the molecule is CS(=O)(=O)O.[2H]C([2H])([2H])c1ccc(C(=O)OCc2ccc([C@@H](CN)C(=O)Nc3ccc4cnccc4c3)cc2)c(C([2H])([2H])[2H])c1. The predicted octanol–water partition coefficient (Wildman–Crippen LogP) is 4.39. The second-order valence-corrected chi connectivity index (χ2v) is 9.99. The van der Waals surface area contributed by atoms with Crippen LogP contribution in [0.3, 0.4) is 0 Å². The van der Waals surface area contributed by atoms with E-state index in [4.69, 9.17) is 23.2 Å². The highest BCUT2D eigenvalue weighted by Gasteiger charge is 2.19. The molecule has 4 N–H and O–H groups in total. The molecule has 1 aromatic heterocycles. The molecule has 0 bridgehead atoms. The molecule has 0 radical (unpaired) electrons. The van der Waals surface area contributed by atoms with Crippen molar-refractivity contribution in [1.82, 2.24) is 4.98 Å². The van der Waals surface area contributed by atoms with Crippen molar-refractivity contribution in [3.05, 3.63) is 107 Å². The van der Waals surface area contributed by atoms with E-state index in [2.05, 4.69) is 10.3 Å². The number of fused-ring (bicyclic) bond motifs is 1. The summed E-state index contributed by atoms with van der Waals surface area (Å²) in [6.07, 6.45) is 4.13. The molecular weight excluding hydrogens is 518 g/mol. The number of rotatable bonds is 7. The number of hydrogen-bond acceptors (Lipinski definition) is 7. The van der Waals surface area contributed by atoms with Crippen molar-refractivity contribution >= 4 is 38.5 Å². The molecule has 0 fully saturated rings. The standard InChI is InChI=1S/C28H27N3O3.CH4O3S/c1-18-3-10-25(19(2)13-18)28(33)34-17-20-4-6-21(7-5-20)26(15-29)27(32)31-24-9-8-23-16-30-12-11-22(23)14-24;1-5(2,3)4/h3-14,16,26H,15,17,29H2,1-2H3,(H,31,32);1H3,(H,2,3,4)/t26-;/m1./s1/i1D3,2D3;. The second kappa shape index (κ2) is 13.1. The van der Waals surface area contributed by atoms with Crippen molar-refractivity contribution in [1.29, 1.82) is 0 Å². The van der Waals surface area contributed by atoms with Crippen LogP contribution in [0.4, 0.5) is 5.69 Å². The highest BCUT2D eigenvalue weighted by molar-refractivity contribution is 7.85. The van der Waals surface area contributed by atoms with Crippen molar-refractivity contribution in [2.75, 3.05) is 18.1 Å². The van der Waals surface area contributed by atoms with Crippen LogP contribution in [0.25, 0.3) is 10.8 Å². The molecule has 4 aromatic rings. The number of nitrogens with zero attached hydrogens (tertiary/aromatic N) is 1. The summed E-state index contributed by atoms with van der Waals surface area (Å²) in [5.74, 6) is -1.78. The van der Waals surface area contributed by atoms with Crippen LogP contribution in [0.15, 0.2) is 79.1 Å². The molecule has 0 aliphatic rings. The Balaban J connectivity index is 0.00000102. The summed E-state index contributed by atoms with van der Waals surface area (Å²) in [7, 11) is -3.67. The Labute approximate surface area is 236 Å². The number of hydrogen-bond donors (Lipinski definition) is 3. The predicted molar refractivity (Wildman–Crippen MR) is 151 cm³/mol. The summed E-state index contributed by atoms with van der Waals surface area (Å²) in [6.45, 7) is -5.32. The highest BCUT2D eigenvalue weighted by Crippen LogP contribution is 2.22. The van der Waals surface area contributed by atoms with E-state index in [9.17, 15) is 18.0 Å².